The molecular formula is C27H33N6O10P. The maximum absolute atomic E-state index is 14.7. The van der Waals surface area contributed by atoms with E-state index < -0.39 is 67.6 Å². The number of nitrogens with zero attached hydrogens (tertiary/aromatic N) is 5. The van der Waals surface area contributed by atoms with E-state index in [1.54, 1.807) is 37.3 Å². The Morgan fingerprint density at radius 3 is 2.64 bits per heavy atom. The first-order valence-corrected chi connectivity index (χ1v) is 16.1. The molecule has 1 aliphatic carbocycles. The molecule has 1 aromatic heterocycles. The van der Waals surface area contributed by atoms with Crippen LogP contribution in [0.2, 0.25) is 0 Å². The highest BCUT2D eigenvalue weighted by molar-refractivity contribution is 7.51. The minimum Gasteiger partial charge on any atom is -0.465 e. The molecule has 1 spiro atoms. The molecule has 1 N–H and O–H groups in total. The molecule has 236 valence electrons. The molecule has 16 nitrogen and oxygen atoms in total. The fraction of sp³-hybridized carbons (Fsp3) is 0.593. The minimum absolute atomic E-state index is 0.134. The predicted octanol–water partition coefficient (Wildman–Crippen LogP) is 3.36. The van der Waals surface area contributed by atoms with Crippen LogP contribution in [0, 0.1) is 0 Å². The minimum atomic E-state index is -4.36. The van der Waals surface area contributed by atoms with Gasteiger partial charge in [-0.25, -0.2) is 9.36 Å². The van der Waals surface area contributed by atoms with Gasteiger partial charge in [0.25, 0.3) is 5.56 Å². The quantitative estimate of drug-likeness (QED) is 0.133. The third-order valence-corrected chi connectivity index (χ3v) is 10.2. The number of hydrogen-bond donors (Lipinski definition) is 1. The summed E-state index contributed by atoms with van der Waals surface area (Å²) >= 11 is 0. The van der Waals surface area contributed by atoms with Crippen LogP contribution in [-0.2, 0) is 32.8 Å². The maximum atomic E-state index is 14.7. The summed E-state index contributed by atoms with van der Waals surface area (Å²) in [6.07, 6.45) is 1.67. The normalized spacial score (nSPS) is 30.5. The fourth-order valence-corrected chi connectivity index (χ4v) is 8.27. The zero-order valence-corrected chi connectivity index (χ0v) is 24.9. The van der Waals surface area contributed by atoms with E-state index in [1.165, 1.54) is 10.9 Å². The van der Waals surface area contributed by atoms with E-state index in [0.717, 1.165) is 23.5 Å². The van der Waals surface area contributed by atoms with E-state index >= 15 is 0 Å². The van der Waals surface area contributed by atoms with Gasteiger partial charge in [-0.2, -0.15) is 4.67 Å². The van der Waals surface area contributed by atoms with E-state index in [1.807, 2.05) is 0 Å². The number of carbonyl (C=O) groups is 1. The lowest BCUT2D eigenvalue weighted by atomic mass is 10.1. The van der Waals surface area contributed by atoms with Crippen LogP contribution in [0.3, 0.4) is 0 Å². The van der Waals surface area contributed by atoms with Crippen LogP contribution in [-0.4, -0.2) is 69.7 Å². The standard InChI is InChI=1S/C27H33N6O10P/c1-2-38-24(35)19-11-8-15-33(19)44(37,43-18-9-4-3-5-10-18)39-17-27(30-31-28)22-21(40-26(41-22)13-6-7-14-26)23(42-27)32-16-12-20(34)29-25(32)36/h3-5,9-10,12,16,19,21-23H,2,6-8,11,13-15,17H2,1H3,(H,29,34,36)/t19-,21+,22-,23+,27+,44?/m0/s1. The summed E-state index contributed by atoms with van der Waals surface area (Å²) in [5, 5.41) is 3.95. The number of benzene rings is 1. The summed E-state index contributed by atoms with van der Waals surface area (Å²) in [5.74, 6) is -1.36. The molecule has 3 saturated heterocycles. The first kappa shape index (κ1) is 30.5. The van der Waals surface area contributed by atoms with Gasteiger partial charge in [-0.15, -0.1) is 0 Å². The highest BCUT2D eigenvalue weighted by atomic mass is 31.2. The van der Waals surface area contributed by atoms with E-state index in [2.05, 4.69) is 15.0 Å². The van der Waals surface area contributed by atoms with E-state index in [9.17, 15) is 24.5 Å². The Kier molecular flexibility index (Phi) is 8.42. The van der Waals surface area contributed by atoms with Crippen LogP contribution >= 0.6 is 7.75 Å². The molecule has 4 fully saturated rings. The van der Waals surface area contributed by atoms with Gasteiger partial charge < -0.3 is 23.5 Å². The first-order chi connectivity index (χ1) is 21.2. The van der Waals surface area contributed by atoms with Crippen LogP contribution in [0.15, 0.2) is 57.3 Å². The van der Waals surface area contributed by atoms with Crippen LogP contribution in [0.25, 0.3) is 10.4 Å². The van der Waals surface area contributed by atoms with Crippen molar-refractivity contribution in [2.24, 2.45) is 5.11 Å². The average Bonchev–Trinajstić information content (AvgIpc) is 3.80. The summed E-state index contributed by atoms with van der Waals surface area (Å²) in [6.45, 7) is 1.36. The van der Waals surface area contributed by atoms with E-state index in [4.69, 9.17) is 28.0 Å². The lowest BCUT2D eigenvalue weighted by molar-refractivity contribution is -0.237. The number of rotatable bonds is 10. The number of hydrogen-bond acceptors (Lipinski definition) is 11. The number of nitrogens with one attached hydrogen (secondary N) is 1. The molecule has 0 radical (unpaired) electrons. The van der Waals surface area contributed by atoms with Gasteiger partial charge in [0.15, 0.2) is 12.0 Å². The van der Waals surface area contributed by atoms with Crippen LogP contribution in [0.4, 0.5) is 0 Å². The van der Waals surface area contributed by atoms with E-state index in [0.29, 0.717) is 25.7 Å². The third-order valence-electron chi connectivity index (χ3n) is 8.24. The Labute approximate surface area is 251 Å². The van der Waals surface area contributed by atoms with Gasteiger partial charge in [0.1, 0.15) is 24.0 Å². The summed E-state index contributed by atoms with van der Waals surface area (Å²) in [7, 11) is -4.36. The molecule has 17 heteroatoms. The first-order valence-electron chi connectivity index (χ1n) is 14.6. The number of esters is 1. The zero-order valence-electron chi connectivity index (χ0n) is 24.0. The molecular weight excluding hydrogens is 599 g/mol. The fourth-order valence-electron chi connectivity index (χ4n) is 6.29. The number of para-hydroxylation sites is 1. The Hall–Kier alpha value is -3.49. The third kappa shape index (κ3) is 5.58. The summed E-state index contributed by atoms with van der Waals surface area (Å²) < 4.78 is 53.5. The smallest absolute Gasteiger partial charge is 0.462 e. The number of aromatic nitrogens is 2. The number of ether oxygens (including phenoxy) is 4. The molecule has 2 aromatic rings. The largest absolute Gasteiger partial charge is 0.465 e. The number of fused-ring (bicyclic) bond motifs is 1. The summed E-state index contributed by atoms with van der Waals surface area (Å²) in [4.78, 5) is 42.7. The zero-order chi connectivity index (χ0) is 31.0. The van der Waals surface area contributed by atoms with Gasteiger partial charge in [-0.05, 0) is 50.3 Å². The summed E-state index contributed by atoms with van der Waals surface area (Å²) in [6, 6.07) is 8.56. The second-order valence-corrected chi connectivity index (χ2v) is 12.9. The second-order valence-electron chi connectivity index (χ2n) is 11.0. The van der Waals surface area contributed by atoms with Gasteiger partial charge >= 0.3 is 19.4 Å². The monoisotopic (exact) mass is 632 g/mol. The Balaban J connectivity index is 1.37. The van der Waals surface area contributed by atoms with Crippen LogP contribution in [0.5, 0.6) is 5.75 Å². The van der Waals surface area contributed by atoms with Gasteiger partial charge in [-0.1, -0.05) is 23.3 Å². The molecule has 44 heavy (non-hydrogen) atoms. The highest BCUT2D eigenvalue weighted by Crippen LogP contribution is 2.58. The topological polar surface area (TPSA) is 196 Å². The predicted molar refractivity (Wildman–Crippen MR) is 151 cm³/mol. The Bertz CT molecular complexity index is 1590. The number of aromatic amines is 1. The van der Waals surface area contributed by atoms with Gasteiger partial charge in [-0.3, -0.25) is 23.7 Å². The van der Waals surface area contributed by atoms with Crippen molar-refractivity contribution in [3.63, 3.8) is 0 Å². The van der Waals surface area contributed by atoms with Crippen molar-refractivity contribution in [3.8, 4) is 5.75 Å². The lowest BCUT2D eigenvalue weighted by Crippen LogP contribution is -2.46. The molecule has 1 saturated carbocycles. The van der Waals surface area contributed by atoms with Crippen molar-refractivity contribution in [2.45, 2.75) is 81.4 Å². The Morgan fingerprint density at radius 2 is 1.93 bits per heavy atom. The van der Waals surface area contributed by atoms with Crippen molar-refractivity contribution in [1.29, 1.82) is 0 Å². The molecule has 0 amide bonds. The molecule has 6 rings (SSSR count). The second kappa shape index (κ2) is 12.1. The van der Waals surface area contributed by atoms with Crippen molar-refractivity contribution >= 4 is 13.7 Å². The SMILES string of the molecule is CCOC(=O)[C@@H]1CCCN1P(=O)(OC[C@@]1(N=[N+]=[N-])O[C@@H](n2ccc(=O)[nH]c2=O)[C@@H]2OC3(CCCC3)O[C@@H]21)Oc1ccccc1. The number of carbonyl (C=O) groups excluding carboxylic acids is 1. The van der Waals surface area contributed by atoms with E-state index in [-0.39, 0.29) is 18.9 Å². The van der Waals surface area contributed by atoms with Crippen molar-refractivity contribution in [2.75, 3.05) is 19.8 Å². The molecule has 0 bridgehead atoms. The van der Waals surface area contributed by atoms with Crippen molar-refractivity contribution in [1.82, 2.24) is 14.2 Å². The number of azide groups is 1. The molecule has 4 aliphatic rings. The van der Waals surface area contributed by atoms with Gasteiger partial charge in [0, 0.05) is 36.6 Å². The number of H-pyrrole nitrogens is 1. The van der Waals surface area contributed by atoms with Crippen molar-refractivity contribution in [3.05, 3.63) is 73.9 Å². The molecule has 6 atom stereocenters. The molecule has 1 unspecified atom stereocenters. The van der Waals surface area contributed by atoms with Crippen LogP contribution < -0.4 is 15.8 Å². The highest BCUT2D eigenvalue weighted by Gasteiger charge is 2.66. The summed E-state index contributed by atoms with van der Waals surface area (Å²) in [5.41, 5.74) is 6.33. The lowest BCUT2D eigenvalue weighted by Gasteiger charge is -2.35. The maximum Gasteiger partial charge on any atom is 0.462 e. The average molecular weight is 633 g/mol. The molecule has 4 heterocycles. The molecule has 1 aromatic carbocycles. The Morgan fingerprint density at radius 1 is 1.16 bits per heavy atom. The van der Waals surface area contributed by atoms with Crippen LogP contribution in [0.1, 0.15) is 51.7 Å². The van der Waals surface area contributed by atoms with Gasteiger partial charge in [0.05, 0.1) is 13.2 Å². The molecule has 3 aliphatic heterocycles. The van der Waals surface area contributed by atoms with Crippen molar-refractivity contribution < 1.29 is 37.4 Å². The van der Waals surface area contributed by atoms with Gasteiger partial charge in [0.2, 0.25) is 5.72 Å².